The summed E-state index contributed by atoms with van der Waals surface area (Å²) < 4.78 is 19.4. The molecule has 0 aliphatic carbocycles. The number of hydrogen-bond acceptors (Lipinski definition) is 5. The minimum Gasteiger partial charge on any atom is -0.491 e. The number of ketones is 1. The maximum atomic E-state index is 13.8. The molecule has 3 rings (SSSR count). The van der Waals surface area contributed by atoms with Crippen molar-refractivity contribution < 1.29 is 19.0 Å². The van der Waals surface area contributed by atoms with E-state index in [1.54, 1.807) is 30.3 Å². The molecule has 156 valence electrons. The second-order valence-corrected chi connectivity index (χ2v) is 7.43. The number of piperazine rings is 1. The van der Waals surface area contributed by atoms with Gasteiger partial charge in [0.2, 0.25) is 0 Å². The fourth-order valence-corrected chi connectivity index (χ4v) is 3.48. The molecular weight excluding hydrogens is 371 g/mol. The molecule has 1 N–H and O–H groups in total. The van der Waals surface area contributed by atoms with Crippen molar-refractivity contribution in [3.8, 4) is 5.75 Å². The standard InChI is InChI=1S/C23H29FN2O3/c1-2-23(28)18-7-9-21(10-8-18)29-17-20(27)16-26-13-11-25(12-14-26)15-19-5-3-4-6-22(19)24/h3-10,20,27H,2,11-17H2,1H3. The van der Waals surface area contributed by atoms with Crippen LogP contribution in [0, 0.1) is 5.82 Å². The van der Waals surface area contributed by atoms with E-state index in [4.69, 9.17) is 4.74 Å². The number of Topliss-reactive ketones (excluding diaryl/α,β-unsaturated/α-hetero) is 1. The number of carbonyl (C=O) groups excluding carboxylic acids is 1. The Morgan fingerprint density at radius 1 is 1.07 bits per heavy atom. The highest BCUT2D eigenvalue weighted by Crippen LogP contribution is 2.15. The first-order chi connectivity index (χ1) is 14.0. The third kappa shape index (κ3) is 6.35. The van der Waals surface area contributed by atoms with Crippen LogP contribution in [-0.2, 0) is 6.54 Å². The summed E-state index contributed by atoms with van der Waals surface area (Å²) >= 11 is 0. The van der Waals surface area contributed by atoms with Crippen molar-refractivity contribution in [1.29, 1.82) is 0 Å². The third-order valence-electron chi connectivity index (χ3n) is 5.23. The van der Waals surface area contributed by atoms with E-state index in [1.165, 1.54) is 6.07 Å². The quantitative estimate of drug-likeness (QED) is 0.656. The minimum absolute atomic E-state index is 0.103. The molecule has 1 atom stereocenters. The van der Waals surface area contributed by atoms with Crippen LogP contribution in [0.1, 0.15) is 29.3 Å². The van der Waals surface area contributed by atoms with Gasteiger partial charge in [0.05, 0.1) is 0 Å². The van der Waals surface area contributed by atoms with Crippen LogP contribution >= 0.6 is 0 Å². The Kier molecular flexibility index (Phi) is 7.75. The van der Waals surface area contributed by atoms with E-state index in [9.17, 15) is 14.3 Å². The number of carbonyl (C=O) groups is 1. The maximum Gasteiger partial charge on any atom is 0.162 e. The molecule has 1 aliphatic heterocycles. The normalized spacial score (nSPS) is 16.5. The Bertz CT molecular complexity index is 789. The molecule has 1 saturated heterocycles. The Hall–Kier alpha value is -2.28. The van der Waals surface area contributed by atoms with E-state index in [1.807, 2.05) is 19.1 Å². The number of β-amino-alcohol motifs (C(OH)–C–C–N with tert-alkyl or cyclic N) is 1. The summed E-state index contributed by atoms with van der Waals surface area (Å²) in [6.07, 6.45) is -0.114. The lowest BCUT2D eigenvalue weighted by Crippen LogP contribution is -2.48. The largest absolute Gasteiger partial charge is 0.491 e. The molecule has 5 nitrogen and oxygen atoms in total. The van der Waals surface area contributed by atoms with Gasteiger partial charge >= 0.3 is 0 Å². The van der Waals surface area contributed by atoms with E-state index in [0.717, 1.165) is 31.7 Å². The van der Waals surface area contributed by atoms with Crippen molar-refractivity contribution in [2.24, 2.45) is 0 Å². The van der Waals surface area contributed by atoms with Crippen molar-refractivity contribution in [3.05, 3.63) is 65.5 Å². The van der Waals surface area contributed by atoms with Crippen LogP contribution in [0.5, 0.6) is 5.75 Å². The van der Waals surface area contributed by atoms with Crippen LogP contribution in [0.4, 0.5) is 4.39 Å². The SMILES string of the molecule is CCC(=O)c1ccc(OCC(O)CN2CCN(Cc3ccccc3F)CC2)cc1. The number of halogens is 1. The van der Waals surface area contributed by atoms with Crippen LogP contribution in [0.3, 0.4) is 0 Å². The summed E-state index contributed by atoms with van der Waals surface area (Å²) in [6.45, 7) is 6.55. The zero-order valence-corrected chi connectivity index (χ0v) is 16.9. The van der Waals surface area contributed by atoms with Gasteiger partial charge in [0.15, 0.2) is 5.78 Å². The number of benzene rings is 2. The number of aliphatic hydroxyl groups is 1. The van der Waals surface area contributed by atoms with E-state index in [2.05, 4.69) is 9.80 Å². The molecule has 29 heavy (non-hydrogen) atoms. The topological polar surface area (TPSA) is 53.0 Å². The molecule has 1 unspecified atom stereocenters. The van der Waals surface area contributed by atoms with Crippen LogP contribution in [-0.4, -0.2) is 66.1 Å². The third-order valence-corrected chi connectivity index (χ3v) is 5.23. The van der Waals surface area contributed by atoms with Crippen LogP contribution in [0.25, 0.3) is 0 Å². The molecule has 1 aliphatic rings. The van der Waals surface area contributed by atoms with E-state index in [-0.39, 0.29) is 18.2 Å². The smallest absolute Gasteiger partial charge is 0.162 e. The lowest BCUT2D eigenvalue weighted by molar-refractivity contribution is 0.0444. The second kappa shape index (κ2) is 10.5. The summed E-state index contributed by atoms with van der Waals surface area (Å²) in [4.78, 5) is 16.1. The fourth-order valence-electron chi connectivity index (χ4n) is 3.48. The van der Waals surface area contributed by atoms with Crippen LogP contribution in [0.15, 0.2) is 48.5 Å². The average molecular weight is 400 g/mol. The monoisotopic (exact) mass is 400 g/mol. The molecule has 6 heteroatoms. The highest BCUT2D eigenvalue weighted by atomic mass is 19.1. The van der Waals surface area contributed by atoms with E-state index in [0.29, 0.717) is 30.8 Å². The molecule has 2 aromatic carbocycles. The molecule has 1 fully saturated rings. The zero-order chi connectivity index (χ0) is 20.6. The van der Waals surface area contributed by atoms with Gasteiger partial charge < -0.3 is 9.84 Å². The van der Waals surface area contributed by atoms with Crippen molar-refractivity contribution in [2.75, 3.05) is 39.3 Å². The Morgan fingerprint density at radius 2 is 1.72 bits per heavy atom. The van der Waals surface area contributed by atoms with Crippen molar-refractivity contribution >= 4 is 5.78 Å². The molecule has 0 radical (unpaired) electrons. The second-order valence-electron chi connectivity index (χ2n) is 7.43. The molecule has 0 spiro atoms. The van der Waals surface area contributed by atoms with Gasteiger partial charge in [-0.05, 0) is 30.3 Å². The first kappa shape index (κ1) is 21.4. The van der Waals surface area contributed by atoms with Gasteiger partial charge in [-0.1, -0.05) is 25.1 Å². The Balaban J connectivity index is 1.38. The predicted octanol–water partition coefficient (Wildman–Crippen LogP) is 2.98. The summed E-state index contributed by atoms with van der Waals surface area (Å²) in [6, 6.07) is 13.9. The molecule has 0 bridgehead atoms. The molecular formula is C23H29FN2O3. The average Bonchev–Trinajstić information content (AvgIpc) is 2.75. The molecule has 1 heterocycles. The lowest BCUT2D eigenvalue weighted by atomic mass is 10.1. The highest BCUT2D eigenvalue weighted by Gasteiger charge is 2.20. The number of rotatable bonds is 9. The zero-order valence-electron chi connectivity index (χ0n) is 16.9. The summed E-state index contributed by atoms with van der Waals surface area (Å²) in [5.41, 5.74) is 1.40. The maximum absolute atomic E-state index is 13.8. The first-order valence-corrected chi connectivity index (χ1v) is 10.2. The van der Waals surface area contributed by atoms with Crippen molar-refractivity contribution in [3.63, 3.8) is 0 Å². The molecule has 0 amide bonds. The Morgan fingerprint density at radius 3 is 2.38 bits per heavy atom. The van der Waals surface area contributed by atoms with Crippen molar-refractivity contribution in [1.82, 2.24) is 9.80 Å². The summed E-state index contributed by atoms with van der Waals surface area (Å²) in [7, 11) is 0. The van der Waals surface area contributed by atoms with Gasteiger partial charge in [0, 0.05) is 56.8 Å². The van der Waals surface area contributed by atoms with E-state index >= 15 is 0 Å². The predicted molar refractivity (Wildman–Crippen MR) is 111 cm³/mol. The number of hydrogen-bond donors (Lipinski definition) is 1. The highest BCUT2D eigenvalue weighted by molar-refractivity contribution is 5.95. The number of aliphatic hydroxyl groups excluding tert-OH is 1. The van der Waals surface area contributed by atoms with Gasteiger partial charge in [-0.3, -0.25) is 14.6 Å². The Labute approximate surface area is 171 Å². The van der Waals surface area contributed by atoms with Crippen LogP contribution in [0.2, 0.25) is 0 Å². The van der Waals surface area contributed by atoms with Gasteiger partial charge in [-0.25, -0.2) is 4.39 Å². The summed E-state index contributed by atoms with van der Waals surface area (Å²) in [5, 5.41) is 10.3. The van der Waals surface area contributed by atoms with Gasteiger partial charge in [0.1, 0.15) is 24.3 Å². The van der Waals surface area contributed by atoms with Crippen molar-refractivity contribution in [2.45, 2.75) is 26.0 Å². The minimum atomic E-state index is -0.593. The number of nitrogens with zero attached hydrogens (tertiary/aromatic N) is 2. The number of ether oxygens (including phenoxy) is 1. The lowest BCUT2D eigenvalue weighted by Gasteiger charge is -2.35. The first-order valence-electron chi connectivity index (χ1n) is 10.2. The molecule has 0 saturated carbocycles. The molecule has 0 aromatic heterocycles. The van der Waals surface area contributed by atoms with Gasteiger partial charge in [0.25, 0.3) is 0 Å². The van der Waals surface area contributed by atoms with Gasteiger partial charge in [-0.15, -0.1) is 0 Å². The summed E-state index contributed by atoms with van der Waals surface area (Å²) in [5.74, 6) is 0.590. The van der Waals surface area contributed by atoms with Crippen LogP contribution < -0.4 is 4.74 Å². The van der Waals surface area contributed by atoms with Gasteiger partial charge in [-0.2, -0.15) is 0 Å². The molecule has 2 aromatic rings. The fraction of sp³-hybridized carbons (Fsp3) is 0.435. The van der Waals surface area contributed by atoms with E-state index < -0.39 is 6.10 Å².